The molecule has 1 aliphatic rings. The van der Waals surface area contributed by atoms with Gasteiger partial charge in [-0.15, -0.1) is 0 Å². The number of benzene rings is 1. The van der Waals surface area contributed by atoms with Crippen LogP contribution < -0.4 is 10.6 Å². The molecular formula is C14H18N2O4. The zero-order valence-electron chi connectivity index (χ0n) is 11.2. The molecule has 2 atom stereocenters. The van der Waals surface area contributed by atoms with E-state index in [1.54, 1.807) is 6.07 Å². The fourth-order valence-electron chi connectivity index (χ4n) is 2.35. The number of fused-ring (bicyclic) bond motifs is 1. The van der Waals surface area contributed by atoms with Crippen molar-refractivity contribution in [2.45, 2.75) is 38.3 Å². The molecule has 0 heterocycles. The van der Waals surface area contributed by atoms with Gasteiger partial charge in [0.1, 0.15) is 0 Å². The first-order chi connectivity index (χ1) is 9.47. The summed E-state index contributed by atoms with van der Waals surface area (Å²) in [7, 11) is 0. The fourth-order valence-corrected chi connectivity index (χ4v) is 2.35. The van der Waals surface area contributed by atoms with Gasteiger partial charge in [0.25, 0.3) is 0 Å². The lowest BCUT2D eigenvalue weighted by molar-refractivity contribution is -0.141. The van der Waals surface area contributed by atoms with Gasteiger partial charge in [0.2, 0.25) is 0 Å². The summed E-state index contributed by atoms with van der Waals surface area (Å²) in [5.74, 6) is -1.27. The predicted molar refractivity (Wildman–Crippen MR) is 73.7 cm³/mol. The van der Waals surface area contributed by atoms with E-state index in [0.717, 1.165) is 19.3 Å². The Morgan fingerprint density at radius 2 is 1.95 bits per heavy atom. The number of aryl methyl sites for hydroxylation is 2. The second-order valence-electron chi connectivity index (χ2n) is 4.99. The summed E-state index contributed by atoms with van der Waals surface area (Å²) >= 11 is 0. The molecule has 0 saturated carbocycles. The molecule has 2 amide bonds. The molecule has 2 rings (SSSR count). The van der Waals surface area contributed by atoms with E-state index in [1.165, 1.54) is 18.1 Å². The highest BCUT2D eigenvalue weighted by Gasteiger charge is 2.25. The van der Waals surface area contributed by atoms with Gasteiger partial charge >= 0.3 is 12.0 Å². The molecule has 0 bridgehead atoms. The van der Waals surface area contributed by atoms with E-state index in [-0.39, 0.29) is 0 Å². The Labute approximate surface area is 116 Å². The van der Waals surface area contributed by atoms with Crippen LogP contribution in [0.3, 0.4) is 0 Å². The van der Waals surface area contributed by atoms with Crippen LogP contribution in [-0.4, -0.2) is 34.4 Å². The Bertz CT molecular complexity index is 528. The molecule has 6 nitrogen and oxygen atoms in total. The van der Waals surface area contributed by atoms with Gasteiger partial charge in [0.05, 0.1) is 6.10 Å². The number of aliphatic hydroxyl groups is 1. The van der Waals surface area contributed by atoms with Crippen LogP contribution >= 0.6 is 0 Å². The number of rotatable bonds is 4. The van der Waals surface area contributed by atoms with Crippen LogP contribution in [0.1, 0.15) is 24.5 Å². The van der Waals surface area contributed by atoms with E-state index in [1.807, 2.05) is 12.1 Å². The number of hydrogen-bond donors (Lipinski definition) is 4. The van der Waals surface area contributed by atoms with E-state index >= 15 is 0 Å². The van der Waals surface area contributed by atoms with Gasteiger partial charge in [-0.05, 0) is 49.4 Å². The quantitative estimate of drug-likeness (QED) is 0.663. The third-order valence-corrected chi connectivity index (χ3v) is 3.39. The first kappa shape index (κ1) is 14.3. The Balaban J connectivity index is 1.99. The number of aliphatic hydroxyl groups excluding tert-OH is 1. The zero-order chi connectivity index (χ0) is 14.7. The van der Waals surface area contributed by atoms with E-state index in [4.69, 9.17) is 5.11 Å². The largest absolute Gasteiger partial charge is 0.480 e. The fraction of sp³-hybridized carbons (Fsp3) is 0.429. The summed E-state index contributed by atoms with van der Waals surface area (Å²) in [6, 6.07) is 3.70. The summed E-state index contributed by atoms with van der Waals surface area (Å²) < 4.78 is 0. The maximum absolute atomic E-state index is 11.7. The number of nitrogens with one attached hydrogen (secondary N) is 2. The Kier molecular flexibility index (Phi) is 4.24. The van der Waals surface area contributed by atoms with Gasteiger partial charge in [-0.1, -0.05) is 6.07 Å². The molecule has 0 aliphatic heterocycles. The topological polar surface area (TPSA) is 98.7 Å². The van der Waals surface area contributed by atoms with Crippen LogP contribution in [0.4, 0.5) is 10.5 Å². The first-order valence-electron chi connectivity index (χ1n) is 6.57. The molecular weight excluding hydrogens is 260 g/mol. The summed E-state index contributed by atoms with van der Waals surface area (Å²) in [5.41, 5.74) is 3.13. The average Bonchev–Trinajstić information content (AvgIpc) is 2.82. The van der Waals surface area contributed by atoms with Crippen molar-refractivity contribution in [1.82, 2.24) is 5.32 Å². The molecule has 0 spiro atoms. The van der Waals surface area contributed by atoms with Gasteiger partial charge in [0.15, 0.2) is 6.04 Å². The number of anilines is 1. The lowest BCUT2D eigenvalue weighted by atomic mass is 10.1. The normalized spacial score (nSPS) is 16.1. The predicted octanol–water partition coefficient (Wildman–Crippen LogP) is 1.13. The van der Waals surface area contributed by atoms with Gasteiger partial charge in [-0.25, -0.2) is 9.59 Å². The van der Waals surface area contributed by atoms with Crippen LogP contribution in [-0.2, 0) is 17.6 Å². The van der Waals surface area contributed by atoms with E-state index in [0.29, 0.717) is 5.69 Å². The van der Waals surface area contributed by atoms with Crippen molar-refractivity contribution in [2.75, 3.05) is 5.32 Å². The van der Waals surface area contributed by atoms with Gasteiger partial charge in [-0.3, -0.25) is 0 Å². The van der Waals surface area contributed by atoms with E-state index in [9.17, 15) is 14.7 Å². The molecule has 108 valence electrons. The highest BCUT2D eigenvalue weighted by atomic mass is 16.4. The third kappa shape index (κ3) is 3.27. The highest BCUT2D eigenvalue weighted by Crippen LogP contribution is 2.24. The van der Waals surface area contributed by atoms with Crippen molar-refractivity contribution >= 4 is 17.7 Å². The molecule has 6 heteroatoms. The maximum atomic E-state index is 11.7. The minimum Gasteiger partial charge on any atom is -0.480 e. The number of amides is 2. The smallest absolute Gasteiger partial charge is 0.328 e. The second kappa shape index (κ2) is 5.92. The third-order valence-electron chi connectivity index (χ3n) is 3.39. The summed E-state index contributed by atoms with van der Waals surface area (Å²) in [5, 5.41) is 23.0. The lowest BCUT2D eigenvalue weighted by Gasteiger charge is -2.17. The van der Waals surface area contributed by atoms with Crippen molar-refractivity contribution < 1.29 is 19.8 Å². The molecule has 0 aromatic heterocycles. The molecule has 1 aromatic rings. The van der Waals surface area contributed by atoms with Crippen molar-refractivity contribution in [1.29, 1.82) is 0 Å². The molecule has 0 radical (unpaired) electrons. The standard InChI is InChI=1S/C14H18N2O4/c1-8(17)12(13(18)19)16-14(20)15-11-6-5-9-3-2-4-10(9)7-11/h5-8,12,17H,2-4H2,1H3,(H,18,19)(H2,15,16,20)/t8-,12+/m1/s1. The number of aliphatic carboxylic acids is 1. The molecule has 1 aromatic carbocycles. The SMILES string of the molecule is C[C@@H](O)[C@H](NC(=O)Nc1ccc2c(c1)CCC2)C(=O)O. The molecule has 4 N–H and O–H groups in total. The molecule has 0 fully saturated rings. The lowest BCUT2D eigenvalue weighted by Crippen LogP contribution is -2.49. The summed E-state index contributed by atoms with van der Waals surface area (Å²) in [6.45, 7) is 1.31. The summed E-state index contributed by atoms with van der Waals surface area (Å²) in [4.78, 5) is 22.6. The number of hydrogen-bond acceptors (Lipinski definition) is 3. The number of carboxylic acids is 1. The average molecular weight is 278 g/mol. The van der Waals surface area contributed by atoms with Crippen LogP contribution in [0.25, 0.3) is 0 Å². The highest BCUT2D eigenvalue weighted by molar-refractivity contribution is 5.92. The zero-order valence-corrected chi connectivity index (χ0v) is 11.2. The Morgan fingerprint density at radius 1 is 1.25 bits per heavy atom. The van der Waals surface area contributed by atoms with Crippen molar-refractivity contribution in [3.05, 3.63) is 29.3 Å². The van der Waals surface area contributed by atoms with Gasteiger partial charge in [-0.2, -0.15) is 0 Å². The van der Waals surface area contributed by atoms with Gasteiger partial charge < -0.3 is 20.8 Å². The van der Waals surface area contributed by atoms with Crippen LogP contribution in [0.15, 0.2) is 18.2 Å². The van der Waals surface area contributed by atoms with E-state index < -0.39 is 24.1 Å². The molecule has 20 heavy (non-hydrogen) atoms. The van der Waals surface area contributed by atoms with Crippen molar-refractivity contribution in [3.63, 3.8) is 0 Å². The monoisotopic (exact) mass is 278 g/mol. The number of carboxylic acid groups (broad SMARTS) is 1. The molecule has 1 aliphatic carbocycles. The van der Waals surface area contributed by atoms with E-state index in [2.05, 4.69) is 10.6 Å². The first-order valence-corrected chi connectivity index (χ1v) is 6.57. The number of carbonyl (C=O) groups is 2. The minimum atomic E-state index is -1.33. The molecule has 0 saturated heterocycles. The number of urea groups is 1. The Morgan fingerprint density at radius 3 is 2.60 bits per heavy atom. The maximum Gasteiger partial charge on any atom is 0.328 e. The van der Waals surface area contributed by atoms with Crippen molar-refractivity contribution in [2.24, 2.45) is 0 Å². The van der Waals surface area contributed by atoms with Crippen LogP contribution in [0.5, 0.6) is 0 Å². The number of carbonyl (C=O) groups excluding carboxylic acids is 1. The van der Waals surface area contributed by atoms with Crippen molar-refractivity contribution in [3.8, 4) is 0 Å². The minimum absolute atomic E-state index is 0.623. The second-order valence-corrected chi connectivity index (χ2v) is 4.99. The Hall–Kier alpha value is -2.08. The van der Waals surface area contributed by atoms with Crippen LogP contribution in [0.2, 0.25) is 0 Å². The van der Waals surface area contributed by atoms with Crippen LogP contribution in [0, 0.1) is 0 Å². The summed E-state index contributed by atoms with van der Waals surface area (Å²) in [6.07, 6.45) is 2.01. The van der Waals surface area contributed by atoms with Gasteiger partial charge in [0, 0.05) is 5.69 Å². The molecule has 0 unspecified atom stereocenters.